The Balaban J connectivity index is 2.55. The van der Waals surface area contributed by atoms with E-state index in [-0.39, 0.29) is 18.2 Å². The lowest BCUT2D eigenvalue weighted by Gasteiger charge is -2.14. The minimum atomic E-state index is -4.75. The van der Waals surface area contributed by atoms with Gasteiger partial charge in [0.1, 0.15) is 5.75 Å². The van der Waals surface area contributed by atoms with Crippen LogP contribution in [0.1, 0.15) is 19.8 Å². The summed E-state index contributed by atoms with van der Waals surface area (Å²) in [5.41, 5.74) is 0.314. The summed E-state index contributed by atoms with van der Waals surface area (Å²) in [6.45, 7) is 1.82. The summed E-state index contributed by atoms with van der Waals surface area (Å²) >= 11 is 0. The molecule has 0 spiro atoms. The lowest BCUT2D eigenvalue weighted by atomic mass is 10.2. The third-order valence-electron chi connectivity index (χ3n) is 2.51. The van der Waals surface area contributed by atoms with Gasteiger partial charge in [0.05, 0.1) is 12.5 Å². The van der Waals surface area contributed by atoms with Crippen molar-refractivity contribution in [3.8, 4) is 11.8 Å². The van der Waals surface area contributed by atoms with E-state index in [1.54, 1.807) is 0 Å². The summed E-state index contributed by atoms with van der Waals surface area (Å²) in [5, 5.41) is 13.6. The van der Waals surface area contributed by atoms with Crippen molar-refractivity contribution < 1.29 is 22.7 Å². The Morgan fingerprint density at radius 3 is 2.48 bits per heavy atom. The van der Waals surface area contributed by atoms with Crippen LogP contribution >= 0.6 is 0 Å². The van der Waals surface area contributed by atoms with Gasteiger partial charge in [0, 0.05) is 11.7 Å². The van der Waals surface area contributed by atoms with Crippen LogP contribution in [0.2, 0.25) is 0 Å². The van der Waals surface area contributed by atoms with Crippen LogP contribution in [0.25, 0.3) is 0 Å². The van der Waals surface area contributed by atoms with E-state index >= 15 is 0 Å². The van der Waals surface area contributed by atoms with Gasteiger partial charge in [-0.2, -0.15) is 5.26 Å². The molecule has 21 heavy (non-hydrogen) atoms. The molecule has 0 saturated carbocycles. The van der Waals surface area contributed by atoms with Gasteiger partial charge in [0.2, 0.25) is 0 Å². The number of ether oxygens (including phenoxy) is 1. The Kier molecular flexibility index (Phi) is 5.84. The number of carbonyl (C=O) groups is 1. The first-order valence-electron chi connectivity index (χ1n) is 6.14. The molecular weight excluding hydrogens is 287 g/mol. The van der Waals surface area contributed by atoms with Crippen LogP contribution in [0, 0.1) is 11.3 Å². The largest absolute Gasteiger partial charge is 0.573 e. The molecule has 2 N–H and O–H groups in total. The van der Waals surface area contributed by atoms with Crippen LogP contribution in [0.15, 0.2) is 24.3 Å². The predicted molar refractivity (Wildman–Crippen MR) is 69.6 cm³/mol. The molecule has 1 unspecified atom stereocenters. The maximum absolute atomic E-state index is 12.0. The molecule has 0 saturated heterocycles. The summed E-state index contributed by atoms with van der Waals surface area (Å²) in [6, 6.07) is 5.90. The zero-order valence-corrected chi connectivity index (χ0v) is 11.2. The Morgan fingerprint density at radius 2 is 2.00 bits per heavy atom. The molecule has 2 amide bonds. The van der Waals surface area contributed by atoms with Crippen LogP contribution in [-0.4, -0.2) is 18.4 Å². The van der Waals surface area contributed by atoms with Crippen molar-refractivity contribution in [2.75, 3.05) is 5.32 Å². The van der Waals surface area contributed by atoms with E-state index in [2.05, 4.69) is 15.4 Å². The fourth-order valence-electron chi connectivity index (χ4n) is 1.50. The topological polar surface area (TPSA) is 74.2 Å². The first kappa shape index (κ1) is 16.6. The van der Waals surface area contributed by atoms with Crippen LogP contribution in [0.3, 0.4) is 0 Å². The highest BCUT2D eigenvalue weighted by atomic mass is 19.4. The van der Waals surface area contributed by atoms with E-state index in [1.165, 1.54) is 12.1 Å². The highest BCUT2D eigenvalue weighted by molar-refractivity contribution is 5.89. The van der Waals surface area contributed by atoms with E-state index in [1.807, 2.05) is 13.0 Å². The standard InChI is InChI=1S/C13H14F3N3O2/c1-2-9(7-8-17)18-12(20)19-10-3-5-11(6-4-10)21-13(14,15)16/h3-6,9H,2,7H2,1H3,(H2,18,19,20). The average Bonchev–Trinajstić information content (AvgIpc) is 2.39. The molecule has 0 aromatic heterocycles. The summed E-state index contributed by atoms with van der Waals surface area (Å²) in [4.78, 5) is 11.6. The van der Waals surface area contributed by atoms with Gasteiger partial charge >= 0.3 is 12.4 Å². The second kappa shape index (κ2) is 7.38. The van der Waals surface area contributed by atoms with Crippen molar-refractivity contribution in [2.24, 2.45) is 0 Å². The van der Waals surface area contributed by atoms with Crippen LogP contribution in [-0.2, 0) is 0 Å². The van der Waals surface area contributed by atoms with Gasteiger partial charge in [0.15, 0.2) is 0 Å². The molecule has 0 bridgehead atoms. The normalized spacial score (nSPS) is 12.1. The number of nitrogens with one attached hydrogen (secondary N) is 2. The lowest BCUT2D eigenvalue weighted by molar-refractivity contribution is -0.274. The number of nitrogens with zero attached hydrogens (tertiary/aromatic N) is 1. The first-order valence-corrected chi connectivity index (χ1v) is 6.14. The number of rotatable bonds is 5. The molecule has 5 nitrogen and oxygen atoms in total. The Bertz CT molecular complexity index is 509. The highest BCUT2D eigenvalue weighted by Gasteiger charge is 2.30. The smallest absolute Gasteiger partial charge is 0.406 e. The first-order chi connectivity index (χ1) is 9.84. The Morgan fingerprint density at radius 1 is 1.38 bits per heavy atom. The fourth-order valence-corrected chi connectivity index (χ4v) is 1.50. The molecule has 1 rings (SSSR count). The highest BCUT2D eigenvalue weighted by Crippen LogP contribution is 2.23. The molecule has 0 aliphatic carbocycles. The zero-order valence-electron chi connectivity index (χ0n) is 11.2. The number of halogens is 3. The van der Waals surface area contributed by atoms with Crippen molar-refractivity contribution in [1.29, 1.82) is 5.26 Å². The minimum absolute atomic E-state index is 0.183. The molecule has 0 fully saturated rings. The number of benzene rings is 1. The molecule has 0 heterocycles. The molecule has 0 radical (unpaired) electrons. The molecule has 1 aromatic rings. The maximum atomic E-state index is 12.0. The van der Waals surface area contributed by atoms with Crippen molar-refractivity contribution in [2.45, 2.75) is 32.2 Å². The van der Waals surface area contributed by atoms with Crippen molar-refractivity contribution in [3.05, 3.63) is 24.3 Å². The number of amides is 2. The quantitative estimate of drug-likeness (QED) is 0.875. The summed E-state index contributed by atoms with van der Waals surface area (Å²) in [6.07, 6.45) is -3.97. The van der Waals surface area contributed by atoms with E-state index in [0.717, 1.165) is 12.1 Å². The third-order valence-corrected chi connectivity index (χ3v) is 2.51. The second-order valence-corrected chi connectivity index (χ2v) is 4.14. The number of urea groups is 1. The lowest BCUT2D eigenvalue weighted by Crippen LogP contribution is -2.37. The average molecular weight is 301 g/mol. The SMILES string of the molecule is CCC(CC#N)NC(=O)Nc1ccc(OC(F)(F)F)cc1. The Hall–Kier alpha value is -2.43. The number of hydrogen-bond acceptors (Lipinski definition) is 3. The monoisotopic (exact) mass is 301 g/mol. The van der Waals surface area contributed by atoms with Gasteiger partial charge in [-0.05, 0) is 30.7 Å². The molecule has 0 aliphatic rings. The van der Waals surface area contributed by atoms with Crippen molar-refractivity contribution in [1.82, 2.24) is 5.32 Å². The van der Waals surface area contributed by atoms with Crippen LogP contribution < -0.4 is 15.4 Å². The minimum Gasteiger partial charge on any atom is -0.406 e. The van der Waals surface area contributed by atoms with Gasteiger partial charge in [-0.25, -0.2) is 4.79 Å². The molecule has 8 heteroatoms. The number of hydrogen-bond donors (Lipinski definition) is 2. The number of alkyl halides is 3. The summed E-state index contributed by atoms with van der Waals surface area (Å²) in [5.74, 6) is -0.371. The van der Waals surface area contributed by atoms with Gasteiger partial charge < -0.3 is 15.4 Å². The molecule has 0 aliphatic heterocycles. The zero-order chi connectivity index (χ0) is 15.9. The Labute approximate surface area is 119 Å². The van der Waals surface area contributed by atoms with Gasteiger partial charge in [-0.3, -0.25) is 0 Å². The molecular formula is C13H14F3N3O2. The summed E-state index contributed by atoms with van der Waals surface area (Å²) in [7, 11) is 0. The van der Waals surface area contributed by atoms with E-state index in [0.29, 0.717) is 12.1 Å². The van der Waals surface area contributed by atoms with E-state index < -0.39 is 12.4 Å². The van der Waals surface area contributed by atoms with E-state index in [4.69, 9.17) is 5.26 Å². The number of carbonyl (C=O) groups excluding carboxylic acids is 1. The van der Waals surface area contributed by atoms with Gasteiger partial charge in [-0.1, -0.05) is 6.92 Å². The fraction of sp³-hybridized carbons (Fsp3) is 0.385. The number of anilines is 1. The third kappa shape index (κ3) is 6.51. The number of nitriles is 1. The maximum Gasteiger partial charge on any atom is 0.573 e. The summed E-state index contributed by atoms with van der Waals surface area (Å²) < 4.78 is 39.6. The van der Waals surface area contributed by atoms with Crippen molar-refractivity contribution in [3.63, 3.8) is 0 Å². The molecule has 1 aromatic carbocycles. The molecule has 1 atom stereocenters. The van der Waals surface area contributed by atoms with Crippen LogP contribution in [0.5, 0.6) is 5.75 Å². The van der Waals surface area contributed by atoms with Crippen molar-refractivity contribution >= 4 is 11.7 Å². The predicted octanol–water partition coefficient (Wildman–Crippen LogP) is 3.40. The van der Waals surface area contributed by atoms with Gasteiger partial charge in [-0.15, -0.1) is 13.2 Å². The van der Waals surface area contributed by atoms with Gasteiger partial charge in [0.25, 0.3) is 0 Å². The molecule has 114 valence electrons. The van der Waals surface area contributed by atoms with Crippen LogP contribution in [0.4, 0.5) is 23.7 Å². The van der Waals surface area contributed by atoms with E-state index in [9.17, 15) is 18.0 Å². The second-order valence-electron chi connectivity index (χ2n) is 4.14.